The maximum absolute atomic E-state index is 12.1. The van der Waals surface area contributed by atoms with Crippen LogP contribution in [0, 0.1) is 0 Å². The lowest BCUT2D eigenvalue weighted by Gasteiger charge is -2.24. The molecule has 3 N–H and O–H groups in total. The molecule has 158 valence electrons. The first-order valence-electron chi connectivity index (χ1n) is 10.4. The number of para-hydroxylation sites is 1. The predicted octanol–water partition coefficient (Wildman–Crippen LogP) is 1.54. The lowest BCUT2D eigenvalue weighted by atomic mass is 10.1. The third-order valence-electron chi connectivity index (χ3n) is 5.27. The summed E-state index contributed by atoms with van der Waals surface area (Å²) in [6.07, 6.45) is 3.93. The Balaban J connectivity index is 1.45. The molecule has 1 aromatic rings. The minimum Gasteiger partial charge on any atom is -0.489 e. The van der Waals surface area contributed by atoms with E-state index in [0.717, 1.165) is 44.6 Å². The molecule has 2 aliphatic rings. The Bertz CT molecular complexity index is 739. The number of fused-ring (bicyclic) bond motifs is 1. The highest BCUT2D eigenvalue weighted by molar-refractivity contribution is 6.04. The first-order valence-corrected chi connectivity index (χ1v) is 10.4. The average Bonchev–Trinajstić information content (AvgIpc) is 2.92. The van der Waals surface area contributed by atoms with Gasteiger partial charge in [-0.15, -0.1) is 0 Å². The van der Waals surface area contributed by atoms with E-state index in [9.17, 15) is 14.4 Å². The molecule has 0 radical (unpaired) electrons. The molecular weight excluding hydrogens is 372 g/mol. The van der Waals surface area contributed by atoms with Gasteiger partial charge in [-0.05, 0) is 25.3 Å². The Morgan fingerprint density at radius 1 is 1.28 bits per heavy atom. The fourth-order valence-electron chi connectivity index (χ4n) is 3.69. The number of carbonyl (C=O) groups is 3. The molecule has 0 aromatic heterocycles. The van der Waals surface area contributed by atoms with Crippen LogP contribution < -0.4 is 20.7 Å². The molecule has 0 spiro atoms. The number of hydrogen-bond donors (Lipinski definition) is 3. The van der Waals surface area contributed by atoms with Gasteiger partial charge in [0.2, 0.25) is 5.91 Å². The second kappa shape index (κ2) is 10.2. The van der Waals surface area contributed by atoms with Crippen molar-refractivity contribution in [2.24, 2.45) is 0 Å². The fraction of sp³-hybridized carbons (Fsp3) is 0.571. The quantitative estimate of drug-likeness (QED) is 0.544. The van der Waals surface area contributed by atoms with Crippen molar-refractivity contribution in [3.05, 3.63) is 29.8 Å². The van der Waals surface area contributed by atoms with E-state index in [2.05, 4.69) is 33.8 Å². The summed E-state index contributed by atoms with van der Waals surface area (Å²) in [5.41, 5.74) is 1.17. The molecule has 0 saturated carbocycles. The summed E-state index contributed by atoms with van der Waals surface area (Å²) in [6, 6.07) is 7.01. The molecule has 2 unspecified atom stereocenters. The van der Waals surface area contributed by atoms with E-state index in [1.54, 1.807) is 0 Å². The van der Waals surface area contributed by atoms with Gasteiger partial charge in [0.25, 0.3) is 5.91 Å². The third kappa shape index (κ3) is 6.19. The molecule has 4 amide bonds. The van der Waals surface area contributed by atoms with E-state index < -0.39 is 12.1 Å². The smallest absolute Gasteiger partial charge is 0.322 e. The van der Waals surface area contributed by atoms with E-state index in [1.807, 2.05) is 18.2 Å². The normalized spacial score (nSPS) is 21.6. The highest BCUT2D eigenvalue weighted by atomic mass is 16.5. The molecular formula is C21H30N4O4. The van der Waals surface area contributed by atoms with Crippen LogP contribution in [0.5, 0.6) is 5.75 Å². The average molecular weight is 402 g/mol. The number of nitrogens with zero attached hydrogens (tertiary/aromatic N) is 1. The number of urea groups is 1. The summed E-state index contributed by atoms with van der Waals surface area (Å²) in [5.74, 6) is 0.467. The summed E-state index contributed by atoms with van der Waals surface area (Å²) < 4.78 is 6.23. The minimum atomic E-state index is -0.619. The molecule has 1 saturated heterocycles. The van der Waals surface area contributed by atoms with E-state index in [1.165, 1.54) is 5.56 Å². The van der Waals surface area contributed by atoms with Gasteiger partial charge in [0.15, 0.2) is 0 Å². The Labute approximate surface area is 171 Å². The molecule has 2 heterocycles. The zero-order valence-electron chi connectivity index (χ0n) is 16.9. The van der Waals surface area contributed by atoms with Crippen molar-refractivity contribution in [1.29, 1.82) is 0 Å². The maximum atomic E-state index is 12.1. The second-order valence-corrected chi connectivity index (χ2v) is 7.63. The number of amides is 4. The Morgan fingerprint density at radius 3 is 2.86 bits per heavy atom. The highest BCUT2D eigenvalue weighted by Gasteiger charge is 2.29. The van der Waals surface area contributed by atoms with Crippen molar-refractivity contribution >= 4 is 17.8 Å². The van der Waals surface area contributed by atoms with Crippen LogP contribution >= 0.6 is 0 Å². The molecule has 2 atom stereocenters. The van der Waals surface area contributed by atoms with Crippen molar-refractivity contribution in [1.82, 2.24) is 20.9 Å². The number of benzene rings is 1. The van der Waals surface area contributed by atoms with E-state index >= 15 is 0 Å². The van der Waals surface area contributed by atoms with Crippen LogP contribution in [0.1, 0.15) is 44.6 Å². The van der Waals surface area contributed by atoms with Crippen LogP contribution in [0.2, 0.25) is 0 Å². The summed E-state index contributed by atoms with van der Waals surface area (Å²) in [7, 11) is 0. The highest BCUT2D eigenvalue weighted by Crippen LogP contribution is 2.26. The molecule has 0 aliphatic carbocycles. The monoisotopic (exact) mass is 402 g/mol. The molecule has 1 fully saturated rings. The lowest BCUT2D eigenvalue weighted by Crippen LogP contribution is -2.39. The summed E-state index contributed by atoms with van der Waals surface area (Å²) >= 11 is 0. The standard InChI is InChI=1S/C21H30N4O4/c1-2-3-7-16-14-25(13-15-6-4-5-8-18(15)29-16)12-11-22-19(26)10-9-17-20(27)24-21(28)23-17/h4-6,8,16-17H,2-3,7,9-14H2,1H3,(H,22,26)(H2,23,24,27,28). The topological polar surface area (TPSA) is 99.8 Å². The molecule has 29 heavy (non-hydrogen) atoms. The SMILES string of the molecule is CCCCC1CN(CCNC(=O)CCC2NC(=O)NC2=O)Cc2ccccc2O1. The van der Waals surface area contributed by atoms with Crippen molar-refractivity contribution < 1.29 is 19.1 Å². The molecule has 2 aliphatic heterocycles. The summed E-state index contributed by atoms with van der Waals surface area (Å²) in [4.78, 5) is 37.0. The lowest BCUT2D eigenvalue weighted by molar-refractivity contribution is -0.122. The Kier molecular flexibility index (Phi) is 7.46. The minimum absolute atomic E-state index is 0.118. The molecule has 1 aromatic carbocycles. The van der Waals surface area contributed by atoms with Gasteiger partial charge in [-0.1, -0.05) is 31.5 Å². The van der Waals surface area contributed by atoms with Gasteiger partial charge in [0, 0.05) is 38.2 Å². The first kappa shape index (κ1) is 21.1. The Morgan fingerprint density at radius 2 is 2.10 bits per heavy atom. The molecule has 3 rings (SSSR count). The zero-order valence-corrected chi connectivity index (χ0v) is 16.9. The van der Waals surface area contributed by atoms with Crippen molar-refractivity contribution in [2.75, 3.05) is 19.6 Å². The number of nitrogens with one attached hydrogen (secondary N) is 3. The zero-order chi connectivity index (χ0) is 20.6. The molecule has 8 heteroatoms. The van der Waals surface area contributed by atoms with Gasteiger partial charge in [-0.2, -0.15) is 0 Å². The molecule has 8 nitrogen and oxygen atoms in total. The van der Waals surface area contributed by atoms with Gasteiger partial charge in [-0.25, -0.2) is 4.79 Å². The summed E-state index contributed by atoms with van der Waals surface area (Å²) in [5, 5.41) is 7.59. The molecule has 0 bridgehead atoms. The van der Waals surface area contributed by atoms with Gasteiger partial charge < -0.3 is 15.4 Å². The fourth-order valence-corrected chi connectivity index (χ4v) is 3.69. The van der Waals surface area contributed by atoms with Crippen molar-refractivity contribution in [3.8, 4) is 5.75 Å². The largest absolute Gasteiger partial charge is 0.489 e. The number of unbranched alkanes of at least 4 members (excludes halogenated alkanes) is 1. The van der Waals surface area contributed by atoms with Gasteiger partial charge >= 0.3 is 6.03 Å². The van der Waals surface area contributed by atoms with Crippen molar-refractivity contribution in [3.63, 3.8) is 0 Å². The number of hydrogen-bond acceptors (Lipinski definition) is 5. The van der Waals surface area contributed by atoms with Crippen molar-refractivity contribution in [2.45, 2.75) is 57.7 Å². The number of rotatable bonds is 9. The van der Waals surface area contributed by atoms with Gasteiger partial charge in [0.1, 0.15) is 17.9 Å². The third-order valence-corrected chi connectivity index (χ3v) is 5.27. The maximum Gasteiger partial charge on any atom is 0.322 e. The van der Waals surface area contributed by atoms with Gasteiger partial charge in [-0.3, -0.25) is 19.8 Å². The number of imide groups is 1. The predicted molar refractivity (Wildman–Crippen MR) is 108 cm³/mol. The first-order chi connectivity index (χ1) is 14.0. The number of ether oxygens (including phenoxy) is 1. The van der Waals surface area contributed by atoms with Gasteiger partial charge in [0.05, 0.1) is 0 Å². The van der Waals surface area contributed by atoms with Crippen LogP contribution in [0.15, 0.2) is 24.3 Å². The van der Waals surface area contributed by atoms with E-state index in [4.69, 9.17) is 4.74 Å². The van der Waals surface area contributed by atoms with E-state index in [0.29, 0.717) is 13.0 Å². The van der Waals surface area contributed by atoms with E-state index in [-0.39, 0.29) is 24.3 Å². The Hall–Kier alpha value is -2.61. The van der Waals surface area contributed by atoms with Crippen LogP contribution in [0.25, 0.3) is 0 Å². The van der Waals surface area contributed by atoms with Crippen LogP contribution in [-0.4, -0.2) is 54.5 Å². The summed E-state index contributed by atoms with van der Waals surface area (Å²) in [6.45, 7) is 5.07. The second-order valence-electron chi connectivity index (χ2n) is 7.63. The number of carbonyl (C=O) groups excluding carboxylic acids is 3. The van der Waals surface area contributed by atoms with Crippen LogP contribution in [-0.2, 0) is 16.1 Å². The van der Waals surface area contributed by atoms with Crippen LogP contribution in [0.3, 0.4) is 0 Å². The van der Waals surface area contributed by atoms with Crippen LogP contribution in [0.4, 0.5) is 4.79 Å².